The van der Waals surface area contributed by atoms with Gasteiger partial charge in [-0.1, -0.05) is 27.7 Å². The SMILES string of the molecule is CC1(C)Oc2ccc3ccc(=O)oc3c2[C@@H](OC(=O)[C@@]23CC[C@](C)(C(=O)O2)C3(C)C)[C@H]1OC(=O)[C@@]12CC[C@](C)(C(=O)O1)C2(C)C. The Morgan fingerprint density at radius 3 is 1.69 bits per heavy atom. The van der Waals surface area contributed by atoms with Crippen molar-refractivity contribution in [3.63, 3.8) is 0 Å². The van der Waals surface area contributed by atoms with Gasteiger partial charge in [0.25, 0.3) is 0 Å². The highest BCUT2D eigenvalue weighted by Crippen LogP contribution is 2.67. The third kappa shape index (κ3) is 3.29. The van der Waals surface area contributed by atoms with Gasteiger partial charge in [0.2, 0.25) is 11.2 Å². The second-order valence-corrected chi connectivity index (χ2v) is 15.4. The maximum atomic E-state index is 14.4. The topological polar surface area (TPSA) is 145 Å². The summed E-state index contributed by atoms with van der Waals surface area (Å²) in [5.41, 5.74) is -8.36. The summed E-state index contributed by atoms with van der Waals surface area (Å²) in [7, 11) is 0. The Bertz CT molecular complexity index is 1780. The van der Waals surface area contributed by atoms with E-state index >= 15 is 0 Å². The third-order valence-corrected chi connectivity index (χ3v) is 12.7. The van der Waals surface area contributed by atoms with Crippen molar-refractivity contribution in [1.29, 1.82) is 0 Å². The fourth-order valence-corrected chi connectivity index (χ4v) is 8.50. The number of fused-ring (bicyclic) bond motifs is 7. The molecule has 2 aromatic rings. The predicted octanol–water partition coefficient (Wildman–Crippen LogP) is 4.70. The molecule has 2 aliphatic carbocycles. The van der Waals surface area contributed by atoms with Crippen LogP contribution in [-0.4, -0.2) is 46.8 Å². The van der Waals surface area contributed by atoms with Crippen LogP contribution in [0.5, 0.6) is 5.75 Å². The molecule has 0 amide bonds. The summed E-state index contributed by atoms with van der Waals surface area (Å²) in [4.78, 5) is 67.1. The summed E-state index contributed by atoms with van der Waals surface area (Å²) in [6, 6.07) is 6.22. The van der Waals surface area contributed by atoms with Gasteiger partial charge in [-0.25, -0.2) is 14.4 Å². The number of hydrogen-bond acceptors (Lipinski definition) is 11. The number of hydrogen-bond donors (Lipinski definition) is 0. The van der Waals surface area contributed by atoms with E-state index in [1.54, 1.807) is 45.9 Å². The van der Waals surface area contributed by atoms with E-state index in [4.69, 9.17) is 28.1 Å². The number of carbonyl (C=O) groups is 4. The zero-order valence-electron chi connectivity index (χ0n) is 26.8. The first kappa shape index (κ1) is 29.8. The van der Waals surface area contributed by atoms with Crippen molar-refractivity contribution in [3.05, 3.63) is 40.2 Å². The normalized spacial score (nSPS) is 37.9. The van der Waals surface area contributed by atoms with Crippen LogP contribution in [0.1, 0.15) is 92.7 Å². The van der Waals surface area contributed by atoms with E-state index in [9.17, 15) is 24.0 Å². The van der Waals surface area contributed by atoms with Crippen molar-refractivity contribution in [1.82, 2.24) is 0 Å². The maximum Gasteiger partial charge on any atom is 0.351 e. The molecule has 0 radical (unpaired) electrons. The number of rotatable bonds is 4. The molecule has 11 nitrogen and oxygen atoms in total. The van der Waals surface area contributed by atoms with Gasteiger partial charge in [0.1, 0.15) is 16.9 Å². The third-order valence-electron chi connectivity index (χ3n) is 12.7. The number of carbonyl (C=O) groups excluding carboxylic acids is 4. The van der Waals surface area contributed by atoms with E-state index in [0.717, 1.165) is 0 Å². The molecule has 11 heteroatoms. The van der Waals surface area contributed by atoms with Crippen LogP contribution in [0.4, 0.5) is 0 Å². The minimum Gasteiger partial charge on any atom is -0.483 e. The van der Waals surface area contributed by atoms with Crippen LogP contribution in [0.2, 0.25) is 0 Å². The molecule has 240 valence electrons. The van der Waals surface area contributed by atoms with Crippen molar-refractivity contribution in [3.8, 4) is 5.75 Å². The van der Waals surface area contributed by atoms with Crippen LogP contribution < -0.4 is 10.4 Å². The smallest absolute Gasteiger partial charge is 0.351 e. The Morgan fingerprint density at radius 2 is 1.20 bits per heavy atom. The van der Waals surface area contributed by atoms with Gasteiger partial charge < -0.3 is 28.1 Å². The fourth-order valence-electron chi connectivity index (χ4n) is 8.50. The van der Waals surface area contributed by atoms with Crippen LogP contribution >= 0.6 is 0 Å². The van der Waals surface area contributed by atoms with Gasteiger partial charge in [0, 0.05) is 22.3 Å². The van der Waals surface area contributed by atoms with Gasteiger partial charge in [-0.2, -0.15) is 0 Å². The van der Waals surface area contributed by atoms with Crippen molar-refractivity contribution in [2.24, 2.45) is 21.7 Å². The number of ether oxygens (including phenoxy) is 5. The Labute approximate surface area is 259 Å². The van der Waals surface area contributed by atoms with E-state index in [2.05, 4.69) is 0 Å². The lowest BCUT2D eigenvalue weighted by molar-refractivity contribution is -0.217. The molecule has 6 atom stereocenters. The van der Waals surface area contributed by atoms with Crippen molar-refractivity contribution >= 4 is 34.8 Å². The van der Waals surface area contributed by atoms with E-state index < -0.39 is 80.2 Å². The highest BCUT2D eigenvalue weighted by molar-refractivity contribution is 5.95. The Hall–Kier alpha value is -3.89. The van der Waals surface area contributed by atoms with Crippen molar-refractivity contribution in [2.45, 2.75) is 110 Å². The Kier molecular flexibility index (Phi) is 5.61. The number of benzene rings is 1. The van der Waals surface area contributed by atoms with Crippen molar-refractivity contribution < 1.29 is 47.3 Å². The van der Waals surface area contributed by atoms with Gasteiger partial charge in [-0.3, -0.25) is 9.59 Å². The molecule has 0 spiro atoms. The zero-order chi connectivity index (χ0) is 32.8. The van der Waals surface area contributed by atoms with Gasteiger partial charge in [-0.05, 0) is 71.6 Å². The predicted molar refractivity (Wildman–Crippen MR) is 156 cm³/mol. The molecule has 4 fully saturated rings. The maximum absolute atomic E-state index is 14.4. The average Bonchev–Trinajstić information content (AvgIpc) is 3.42. The molecule has 2 saturated heterocycles. The Balaban J connectivity index is 1.36. The summed E-state index contributed by atoms with van der Waals surface area (Å²) >= 11 is 0. The summed E-state index contributed by atoms with van der Waals surface area (Å²) in [6.07, 6.45) is -1.26. The van der Waals surface area contributed by atoms with E-state index in [1.807, 2.05) is 27.7 Å². The highest BCUT2D eigenvalue weighted by Gasteiger charge is 2.78. The van der Waals surface area contributed by atoms with Crippen LogP contribution in [0.25, 0.3) is 11.0 Å². The summed E-state index contributed by atoms with van der Waals surface area (Å²) in [6.45, 7) is 14.2. The van der Waals surface area contributed by atoms with Gasteiger partial charge in [0.15, 0.2) is 12.2 Å². The highest BCUT2D eigenvalue weighted by atomic mass is 16.7. The lowest BCUT2D eigenvalue weighted by atomic mass is 9.66. The minimum absolute atomic E-state index is 0.102. The van der Waals surface area contributed by atoms with E-state index in [-0.39, 0.29) is 29.7 Å². The lowest BCUT2D eigenvalue weighted by Crippen LogP contribution is -2.57. The van der Waals surface area contributed by atoms with E-state index in [0.29, 0.717) is 18.2 Å². The molecule has 1 aromatic heterocycles. The molecular weight excluding hydrogens is 584 g/mol. The summed E-state index contributed by atoms with van der Waals surface area (Å²) in [5.74, 6) is -2.26. The molecule has 5 aliphatic rings. The zero-order valence-corrected chi connectivity index (χ0v) is 26.8. The standard InChI is InChI=1S/C34H38O11/c1-28(2)23(42-27(39)34-16-14-32(8,25(37)45-34)30(34,5)6)22(20-18(43-28)11-9-17-10-12-19(35)40-21(17)20)41-26(38)33-15-13-31(7,24(36)44-33)29(33,3)4/h9-12,22-23H,13-16H2,1-8H3/t22-,23-,31-,32-,33-,34-/m1/s1. The molecule has 0 N–H and O–H groups in total. The molecule has 45 heavy (non-hydrogen) atoms. The second-order valence-electron chi connectivity index (χ2n) is 15.4. The molecule has 2 saturated carbocycles. The Morgan fingerprint density at radius 1 is 0.689 bits per heavy atom. The van der Waals surface area contributed by atoms with E-state index in [1.165, 1.54) is 6.07 Å². The molecular formula is C34H38O11. The molecule has 7 rings (SSSR count). The van der Waals surface area contributed by atoms with Crippen LogP contribution in [0, 0.1) is 21.7 Å². The molecule has 0 unspecified atom stereocenters. The molecule has 1 aromatic carbocycles. The van der Waals surface area contributed by atoms with Crippen LogP contribution in [0.15, 0.2) is 33.5 Å². The van der Waals surface area contributed by atoms with Crippen LogP contribution in [-0.2, 0) is 38.1 Å². The van der Waals surface area contributed by atoms with Gasteiger partial charge in [-0.15, -0.1) is 0 Å². The van der Waals surface area contributed by atoms with Gasteiger partial charge >= 0.3 is 29.5 Å². The molecule has 4 bridgehead atoms. The average molecular weight is 623 g/mol. The van der Waals surface area contributed by atoms with Crippen LogP contribution in [0.3, 0.4) is 0 Å². The lowest BCUT2D eigenvalue weighted by Gasteiger charge is -2.45. The first-order chi connectivity index (χ1) is 20.8. The summed E-state index contributed by atoms with van der Waals surface area (Å²) < 4.78 is 36.2. The van der Waals surface area contributed by atoms with Crippen molar-refractivity contribution in [2.75, 3.05) is 0 Å². The quantitative estimate of drug-likeness (QED) is 0.266. The minimum atomic E-state index is -1.59. The molecule has 3 aliphatic heterocycles. The number of esters is 4. The van der Waals surface area contributed by atoms with Gasteiger partial charge in [0.05, 0.1) is 16.4 Å². The largest absolute Gasteiger partial charge is 0.483 e. The fraction of sp³-hybridized carbons (Fsp3) is 0.618. The second kappa shape index (κ2) is 8.47. The molecule has 4 heterocycles. The first-order valence-electron chi connectivity index (χ1n) is 15.4. The first-order valence-corrected chi connectivity index (χ1v) is 15.4. The summed E-state index contributed by atoms with van der Waals surface area (Å²) in [5, 5.41) is 0.526. The monoisotopic (exact) mass is 622 g/mol.